The summed E-state index contributed by atoms with van der Waals surface area (Å²) in [6.45, 7) is 1.99. The van der Waals surface area contributed by atoms with Gasteiger partial charge in [-0.25, -0.2) is 14.2 Å². The first-order valence-corrected chi connectivity index (χ1v) is 12.0. The van der Waals surface area contributed by atoms with E-state index >= 15 is 0 Å². The standard InChI is InChI=1S/C23H18ClFN4O2S2/c1-13-2-4-14(5-3-13)26-21(30)12-32-23-29-19-9-7-16(11-20(19)33-23)28-22(31)27-15-6-8-18(25)17(24)10-15/h2-11H,12H2,1H3,(H,26,30)(H2,27,28,31). The van der Waals surface area contributed by atoms with Gasteiger partial charge in [0.2, 0.25) is 5.91 Å². The maximum absolute atomic E-state index is 13.3. The van der Waals surface area contributed by atoms with E-state index < -0.39 is 11.8 Å². The lowest BCUT2D eigenvalue weighted by Crippen LogP contribution is -2.19. The lowest BCUT2D eigenvalue weighted by Gasteiger charge is -2.08. The van der Waals surface area contributed by atoms with Crippen LogP contribution in [0.3, 0.4) is 0 Å². The number of carbonyl (C=O) groups is 2. The SMILES string of the molecule is Cc1ccc(NC(=O)CSc2nc3ccc(NC(=O)Nc4ccc(F)c(Cl)c4)cc3s2)cc1. The monoisotopic (exact) mass is 500 g/mol. The molecule has 0 spiro atoms. The number of hydrogen-bond acceptors (Lipinski definition) is 5. The molecule has 0 saturated heterocycles. The second-order valence-electron chi connectivity index (χ2n) is 7.07. The summed E-state index contributed by atoms with van der Waals surface area (Å²) in [5, 5.41) is 8.13. The van der Waals surface area contributed by atoms with Gasteiger partial charge in [-0.1, -0.05) is 41.1 Å². The van der Waals surface area contributed by atoms with Crippen molar-refractivity contribution >= 4 is 73.9 Å². The molecule has 0 unspecified atom stereocenters. The molecule has 0 bridgehead atoms. The van der Waals surface area contributed by atoms with Crippen LogP contribution in [-0.2, 0) is 4.79 Å². The van der Waals surface area contributed by atoms with E-state index in [2.05, 4.69) is 20.9 Å². The number of amides is 3. The van der Waals surface area contributed by atoms with Crippen molar-refractivity contribution in [3.05, 3.63) is 77.1 Å². The molecule has 0 fully saturated rings. The number of rotatable bonds is 6. The molecule has 3 aromatic carbocycles. The number of carbonyl (C=O) groups excluding carboxylic acids is 2. The number of nitrogens with zero attached hydrogens (tertiary/aromatic N) is 1. The highest BCUT2D eigenvalue weighted by molar-refractivity contribution is 8.01. The summed E-state index contributed by atoms with van der Waals surface area (Å²) in [5.41, 5.74) is 3.61. The number of thiazole rings is 1. The van der Waals surface area contributed by atoms with Gasteiger partial charge in [-0.05, 0) is 55.5 Å². The molecule has 6 nitrogen and oxygen atoms in total. The quantitative estimate of drug-likeness (QED) is 0.255. The minimum Gasteiger partial charge on any atom is -0.325 e. The number of aromatic nitrogens is 1. The van der Waals surface area contributed by atoms with Gasteiger partial charge >= 0.3 is 6.03 Å². The van der Waals surface area contributed by atoms with Crippen LogP contribution in [0.2, 0.25) is 5.02 Å². The Bertz CT molecular complexity index is 1330. The Balaban J connectivity index is 1.34. The van der Waals surface area contributed by atoms with Crippen LogP contribution in [0.25, 0.3) is 10.2 Å². The van der Waals surface area contributed by atoms with Crippen molar-refractivity contribution in [1.29, 1.82) is 0 Å². The molecule has 0 aliphatic carbocycles. The summed E-state index contributed by atoms with van der Waals surface area (Å²) in [6, 6.07) is 16.4. The van der Waals surface area contributed by atoms with Crippen LogP contribution in [0.5, 0.6) is 0 Å². The summed E-state index contributed by atoms with van der Waals surface area (Å²) in [5.74, 6) is -0.427. The molecular formula is C23H18ClFN4O2S2. The zero-order valence-corrected chi connectivity index (χ0v) is 19.7. The molecular weight excluding hydrogens is 483 g/mol. The van der Waals surface area contributed by atoms with E-state index in [4.69, 9.17) is 11.6 Å². The number of anilines is 3. The van der Waals surface area contributed by atoms with E-state index in [9.17, 15) is 14.0 Å². The number of benzene rings is 3. The highest BCUT2D eigenvalue weighted by atomic mass is 35.5. The number of nitrogens with one attached hydrogen (secondary N) is 3. The Labute approximate surface area is 202 Å². The molecule has 1 aromatic heterocycles. The van der Waals surface area contributed by atoms with Gasteiger partial charge in [0, 0.05) is 17.1 Å². The van der Waals surface area contributed by atoms with Crippen molar-refractivity contribution in [2.45, 2.75) is 11.3 Å². The molecule has 1 heterocycles. The van der Waals surface area contributed by atoms with Crippen molar-refractivity contribution < 1.29 is 14.0 Å². The van der Waals surface area contributed by atoms with E-state index in [1.165, 1.54) is 41.3 Å². The fraction of sp³-hybridized carbons (Fsp3) is 0.0870. The highest BCUT2D eigenvalue weighted by Crippen LogP contribution is 2.31. The summed E-state index contributed by atoms with van der Waals surface area (Å²) in [7, 11) is 0. The third-order valence-electron chi connectivity index (χ3n) is 4.47. The van der Waals surface area contributed by atoms with Crippen LogP contribution in [0.15, 0.2) is 65.0 Å². The number of urea groups is 1. The average molecular weight is 501 g/mol. The fourth-order valence-electron chi connectivity index (χ4n) is 2.87. The molecule has 168 valence electrons. The van der Waals surface area contributed by atoms with Gasteiger partial charge in [-0.3, -0.25) is 4.79 Å². The molecule has 0 aliphatic rings. The third-order valence-corrected chi connectivity index (χ3v) is 6.92. The molecule has 10 heteroatoms. The van der Waals surface area contributed by atoms with Gasteiger partial charge in [0.25, 0.3) is 0 Å². The van der Waals surface area contributed by atoms with Gasteiger partial charge < -0.3 is 16.0 Å². The number of thioether (sulfide) groups is 1. The van der Waals surface area contributed by atoms with E-state index in [1.54, 1.807) is 18.2 Å². The van der Waals surface area contributed by atoms with Crippen molar-refractivity contribution in [1.82, 2.24) is 4.98 Å². The van der Waals surface area contributed by atoms with Gasteiger partial charge in [0.1, 0.15) is 5.82 Å². The van der Waals surface area contributed by atoms with E-state index in [-0.39, 0.29) is 16.7 Å². The molecule has 33 heavy (non-hydrogen) atoms. The van der Waals surface area contributed by atoms with E-state index in [0.29, 0.717) is 11.4 Å². The van der Waals surface area contributed by atoms with Crippen LogP contribution >= 0.6 is 34.7 Å². The fourth-order valence-corrected chi connectivity index (χ4v) is 4.96. The molecule has 4 rings (SSSR count). The van der Waals surface area contributed by atoms with Crippen molar-refractivity contribution in [3.63, 3.8) is 0 Å². The Morgan fingerprint density at radius 3 is 2.36 bits per heavy atom. The minimum atomic E-state index is -0.556. The van der Waals surface area contributed by atoms with Crippen LogP contribution < -0.4 is 16.0 Å². The third kappa shape index (κ3) is 6.22. The normalized spacial score (nSPS) is 10.8. The molecule has 0 aliphatic heterocycles. The van der Waals surface area contributed by atoms with Crippen LogP contribution in [0, 0.1) is 12.7 Å². The second-order valence-corrected chi connectivity index (χ2v) is 9.73. The minimum absolute atomic E-state index is 0.0727. The predicted molar refractivity (Wildman–Crippen MR) is 134 cm³/mol. The van der Waals surface area contributed by atoms with E-state index in [0.717, 1.165) is 25.8 Å². The second kappa shape index (κ2) is 10.2. The lowest BCUT2D eigenvalue weighted by molar-refractivity contribution is -0.113. The van der Waals surface area contributed by atoms with Crippen molar-refractivity contribution in [2.75, 3.05) is 21.7 Å². The van der Waals surface area contributed by atoms with Crippen LogP contribution in [0.1, 0.15) is 5.56 Å². The summed E-state index contributed by atoms with van der Waals surface area (Å²) >= 11 is 8.53. The smallest absolute Gasteiger partial charge is 0.323 e. The Hall–Kier alpha value is -3.14. The van der Waals surface area contributed by atoms with Gasteiger partial charge in [0.15, 0.2) is 4.34 Å². The van der Waals surface area contributed by atoms with Gasteiger partial charge in [-0.15, -0.1) is 11.3 Å². The molecule has 0 radical (unpaired) electrons. The zero-order valence-electron chi connectivity index (χ0n) is 17.3. The molecule has 0 saturated carbocycles. The molecule has 3 N–H and O–H groups in total. The van der Waals surface area contributed by atoms with Crippen molar-refractivity contribution in [3.8, 4) is 0 Å². The Morgan fingerprint density at radius 2 is 1.64 bits per heavy atom. The summed E-state index contributed by atoms with van der Waals surface area (Å²) in [6.07, 6.45) is 0. The largest absolute Gasteiger partial charge is 0.325 e. The number of hydrogen-bond donors (Lipinski definition) is 3. The van der Waals surface area contributed by atoms with Crippen molar-refractivity contribution in [2.24, 2.45) is 0 Å². The zero-order chi connectivity index (χ0) is 23.4. The first-order valence-electron chi connectivity index (χ1n) is 9.79. The summed E-state index contributed by atoms with van der Waals surface area (Å²) < 4.78 is 14.9. The van der Waals surface area contributed by atoms with Gasteiger partial charge in [0.05, 0.1) is 21.0 Å². The van der Waals surface area contributed by atoms with E-state index in [1.807, 2.05) is 31.2 Å². The summed E-state index contributed by atoms with van der Waals surface area (Å²) in [4.78, 5) is 29.0. The van der Waals surface area contributed by atoms with Gasteiger partial charge in [-0.2, -0.15) is 0 Å². The molecule has 4 aromatic rings. The first kappa shape index (κ1) is 23.0. The van der Waals surface area contributed by atoms with Crippen LogP contribution in [-0.4, -0.2) is 22.7 Å². The Morgan fingerprint density at radius 1 is 0.970 bits per heavy atom. The number of fused-ring (bicyclic) bond motifs is 1. The average Bonchev–Trinajstić information content (AvgIpc) is 3.19. The molecule has 3 amide bonds. The predicted octanol–water partition coefficient (Wildman–Crippen LogP) is 6.77. The lowest BCUT2D eigenvalue weighted by atomic mass is 10.2. The highest BCUT2D eigenvalue weighted by Gasteiger charge is 2.11. The Kier molecular flexibility index (Phi) is 7.12. The maximum atomic E-state index is 13.3. The topological polar surface area (TPSA) is 83.1 Å². The number of halogens is 2. The first-order chi connectivity index (χ1) is 15.9. The number of aryl methyl sites for hydroxylation is 1. The molecule has 0 atom stereocenters. The van der Waals surface area contributed by atoms with Crippen LogP contribution in [0.4, 0.5) is 26.2 Å². The maximum Gasteiger partial charge on any atom is 0.323 e.